The maximum absolute atomic E-state index is 2.72. The Labute approximate surface area is 352 Å². The first-order chi connectivity index (χ1) is 24.7. The zero-order chi connectivity index (χ0) is 36.6. The van der Waals surface area contributed by atoms with Crippen molar-refractivity contribution in [2.75, 3.05) is 0 Å². The standard InChI is InChI=1S/C38H47.C13H10.2ClH.Zr/c1-22-11-33(38-19-24-12-25(20-38)14-26(13-24)21-38)23(2)35(22)32-18-31-28(17-34(32)37(6,7)8)15-27-16-29(36(3,4)5)9-10-30(27)31;1-3-7-12(8-4-1)11-13-9-5-2-6-10-13;;;/h9-11,15-18,22,24-26H,12-14,19-21H2,1-8H3;1-10H;2*1H;/q-1;;;;+2/p-2. The quantitative estimate of drug-likeness (QED) is 0.163. The van der Waals surface area contributed by atoms with Gasteiger partial charge in [-0.1, -0.05) is 83.9 Å². The fourth-order valence-electron chi connectivity index (χ4n) is 11.2. The number of hydrogen-bond acceptors (Lipinski definition) is 0. The summed E-state index contributed by atoms with van der Waals surface area (Å²) in [4.78, 5) is 0. The Balaban J connectivity index is 0.000000263. The molecule has 0 saturated heterocycles. The zero-order valence-corrected chi connectivity index (χ0v) is 37.6. The van der Waals surface area contributed by atoms with Crippen molar-refractivity contribution in [2.24, 2.45) is 29.1 Å². The molecule has 0 N–H and O–H groups in total. The Morgan fingerprint density at radius 1 is 0.667 bits per heavy atom. The minimum atomic E-state index is 0. The summed E-state index contributed by atoms with van der Waals surface area (Å²) in [6, 6.07) is 35.8. The molecule has 5 aliphatic rings. The molecule has 1 atom stereocenters. The van der Waals surface area contributed by atoms with Crippen LogP contribution in [0.5, 0.6) is 0 Å². The van der Waals surface area contributed by atoms with E-state index in [2.05, 4.69) is 159 Å². The molecule has 10 rings (SSSR count). The second-order valence-corrected chi connectivity index (χ2v) is 20.4. The van der Waals surface area contributed by atoms with E-state index in [1.54, 1.807) is 16.7 Å². The molecule has 0 aromatic heterocycles. The first kappa shape index (κ1) is 41.2. The van der Waals surface area contributed by atoms with Crippen LogP contribution in [0.25, 0.3) is 27.1 Å². The van der Waals surface area contributed by atoms with Crippen molar-refractivity contribution in [3.63, 3.8) is 0 Å². The number of allylic oxidation sites excluding steroid dienone is 4. The zero-order valence-electron chi connectivity index (χ0n) is 33.6. The van der Waals surface area contributed by atoms with Gasteiger partial charge >= 0.3 is 99.2 Å². The van der Waals surface area contributed by atoms with Gasteiger partial charge in [0.2, 0.25) is 0 Å². The van der Waals surface area contributed by atoms with Gasteiger partial charge in [0.1, 0.15) is 0 Å². The average molecular weight is 832 g/mol. The Hall–Kier alpha value is -2.44. The summed E-state index contributed by atoms with van der Waals surface area (Å²) >= 11 is 1.46. The second-order valence-electron chi connectivity index (χ2n) is 19.1. The predicted octanol–water partition coefficient (Wildman–Crippen LogP) is 7.68. The van der Waals surface area contributed by atoms with Crippen LogP contribution in [0.3, 0.4) is 0 Å². The van der Waals surface area contributed by atoms with Gasteiger partial charge in [0.05, 0.1) is 0 Å². The third-order valence-corrected chi connectivity index (χ3v) is 14.6. The summed E-state index contributed by atoms with van der Waals surface area (Å²) in [6.45, 7) is 19.1. The molecule has 0 amide bonds. The summed E-state index contributed by atoms with van der Waals surface area (Å²) in [6.07, 6.45) is 11.6. The van der Waals surface area contributed by atoms with E-state index in [-0.39, 0.29) is 35.6 Å². The molecule has 4 fully saturated rings. The van der Waals surface area contributed by atoms with Crippen molar-refractivity contribution < 1.29 is 49.0 Å². The number of hydrogen-bond donors (Lipinski definition) is 0. The normalized spacial score (nSPS) is 24.5. The van der Waals surface area contributed by atoms with Gasteiger partial charge in [-0.3, -0.25) is 0 Å². The molecule has 280 valence electrons. The maximum atomic E-state index is 2.72. The molecular weight excluding hydrogens is 775 g/mol. The molecule has 4 bridgehead atoms. The Morgan fingerprint density at radius 3 is 1.69 bits per heavy atom. The van der Waals surface area contributed by atoms with Crippen molar-refractivity contribution in [3.05, 3.63) is 142 Å². The van der Waals surface area contributed by atoms with Crippen molar-refractivity contribution in [3.8, 4) is 0 Å². The number of fused-ring (bicyclic) bond motifs is 3. The van der Waals surface area contributed by atoms with Crippen LogP contribution >= 0.6 is 0 Å². The number of halogens is 2. The molecule has 1 unspecified atom stereocenters. The van der Waals surface area contributed by atoms with Crippen molar-refractivity contribution in [1.29, 1.82) is 0 Å². The summed E-state index contributed by atoms with van der Waals surface area (Å²) in [5, 5.41) is 5.63. The van der Waals surface area contributed by atoms with E-state index in [0.717, 1.165) is 17.8 Å². The Morgan fingerprint density at radius 2 is 1.19 bits per heavy atom. The molecule has 5 aromatic rings. The third kappa shape index (κ3) is 7.66. The molecule has 3 heteroatoms. The predicted molar refractivity (Wildman–Crippen MR) is 221 cm³/mol. The minimum absolute atomic E-state index is 0. The summed E-state index contributed by atoms with van der Waals surface area (Å²) in [5.41, 5.74) is 12.8. The van der Waals surface area contributed by atoms with Crippen LogP contribution in [0.15, 0.2) is 114 Å². The molecular formula is C51H57Cl2Zr-. The fourth-order valence-corrected chi connectivity index (χ4v) is 12.0. The summed E-state index contributed by atoms with van der Waals surface area (Å²) in [7, 11) is 0. The molecule has 0 radical (unpaired) electrons. The van der Waals surface area contributed by atoms with E-state index in [4.69, 9.17) is 0 Å². The first-order valence-electron chi connectivity index (χ1n) is 20.0. The first-order valence-corrected chi connectivity index (χ1v) is 21.2. The van der Waals surface area contributed by atoms with E-state index in [1.807, 2.05) is 0 Å². The van der Waals surface area contributed by atoms with Crippen LogP contribution in [-0.2, 0) is 35.1 Å². The average Bonchev–Trinajstić information content (AvgIpc) is 3.62. The molecule has 0 spiro atoms. The molecule has 0 nitrogen and oxygen atoms in total. The van der Waals surface area contributed by atoms with Gasteiger partial charge in [0.25, 0.3) is 0 Å². The van der Waals surface area contributed by atoms with Crippen LogP contribution in [0.2, 0.25) is 0 Å². The monoisotopic (exact) mass is 829 g/mol. The Kier molecular flexibility index (Phi) is 11.8. The van der Waals surface area contributed by atoms with Gasteiger partial charge < -0.3 is 24.8 Å². The van der Waals surface area contributed by atoms with Gasteiger partial charge in [-0.05, 0) is 102 Å². The molecule has 0 aliphatic heterocycles. The van der Waals surface area contributed by atoms with Gasteiger partial charge in [0.15, 0.2) is 0 Å². The second kappa shape index (κ2) is 15.5. The molecule has 5 aromatic carbocycles. The van der Waals surface area contributed by atoms with Crippen molar-refractivity contribution in [1.82, 2.24) is 0 Å². The van der Waals surface area contributed by atoms with Gasteiger partial charge in [-0.2, -0.15) is 0 Å². The molecule has 54 heavy (non-hydrogen) atoms. The van der Waals surface area contributed by atoms with Crippen molar-refractivity contribution in [2.45, 2.75) is 105 Å². The molecule has 4 saturated carbocycles. The van der Waals surface area contributed by atoms with Gasteiger partial charge in [0, 0.05) is 5.92 Å². The van der Waals surface area contributed by atoms with Crippen molar-refractivity contribution >= 4 is 30.3 Å². The summed E-state index contributed by atoms with van der Waals surface area (Å²) in [5.74, 6) is 3.46. The number of rotatable bonds is 4. The van der Waals surface area contributed by atoms with E-state index in [0.29, 0.717) is 11.3 Å². The SMILES string of the molecule is CC1=C(c2cc3c(cc2C(C)(C)C)[cH-]c2cc(C(C)(C)C)ccc23)C(C)C=C1C12CC3CC(CC(C3)C1)C2.[Cl-].[Cl-].[Zr+2]=[C](c1ccccc1)c1ccccc1. The van der Waals surface area contributed by atoms with Crippen LogP contribution in [0.1, 0.15) is 122 Å². The van der Waals surface area contributed by atoms with E-state index in [1.165, 1.54) is 115 Å². The van der Waals surface area contributed by atoms with Crippen LogP contribution in [0, 0.1) is 29.1 Å². The molecule has 0 heterocycles. The topological polar surface area (TPSA) is 0 Å². The van der Waals surface area contributed by atoms with Crippen LogP contribution < -0.4 is 24.8 Å². The molecule has 5 aliphatic carbocycles. The van der Waals surface area contributed by atoms with Gasteiger partial charge in [-0.25, -0.2) is 0 Å². The van der Waals surface area contributed by atoms with E-state index >= 15 is 0 Å². The van der Waals surface area contributed by atoms with Crippen LogP contribution in [-0.4, -0.2) is 3.21 Å². The number of benzene rings is 4. The van der Waals surface area contributed by atoms with Crippen LogP contribution in [0.4, 0.5) is 0 Å². The van der Waals surface area contributed by atoms with Gasteiger partial charge in [-0.15, -0.1) is 39.7 Å². The van der Waals surface area contributed by atoms with E-state index < -0.39 is 0 Å². The fraction of sp³-hybridized carbons (Fsp3) is 0.412. The summed E-state index contributed by atoms with van der Waals surface area (Å²) < 4.78 is 1.42. The Bertz CT molecular complexity index is 2140. The third-order valence-electron chi connectivity index (χ3n) is 13.2. The van der Waals surface area contributed by atoms with E-state index in [9.17, 15) is 0 Å².